The molecule has 0 aliphatic heterocycles. The van der Waals surface area contributed by atoms with Crippen molar-refractivity contribution >= 4 is 28.6 Å². The lowest BCUT2D eigenvalue weighted by Gasteiger charge is -2.02. The Morgan fingerprint density at radius 1 is 1.26 bits per heavy atom. The van der Waals surface area contributed by atoms with Crippen LogP contribution in [-0.2, 0) is 0 Å². The minimum Gasteiger partial charge on any atom is -0.478 e. The number of rotatable bonds is 4. The number of carboxylic acid groups (broad SMARTS) is 1. The number of hydrogen-bond donors (Lipinski definition) is 2. The molecule has 2 aromatic rings. The Morgan fingerprint density at radius 2 is 2.00 bits per heavy atom. The molecule has 94 valence electrons. The number of allylic oxidation sites excluding steroid dienone is 1. The van der Waals surface area contributed by atoms with E-state index in [2.05, 4.69) is 11.4 Å². The average Bonchev–Trinajstić information content (AvgIpc) is 2.94. The number of anilines is 1. The van der Waals surface area contributed by atoms with Gasteiger partial charge in [0.2, 0.25) is 0 Å². The van der Waals surface area contributed by atoms with E-state index in [1.807, 2.05) is 16.8 Å². The highest BCUT2D eigenvalue weighted by Gasteiger charge is 2.02. The molecular weight excluding hydrogens is 260 g/mol. The van der Waals surface area contributed by atoms with Gasteiger partial charge in [-0.25, -0.2) is 4.79 Å². The van der Waals surface area contributed by atoms with Gasteiger partial charge in [-0.1, -0.05) is 0 Å². The molecule has 0 aliphatic rings. The maximum atomic E-state index is 10.7. The molecule has 5 heteroatoms. The van der Waals surface area contributed by atoms with E-state index in [4.69, 9.17) is 10.4 Å². The summed E-state index contributed by atoms with van der Waals surface area (Å²) in [6, 6.07) is 10.3. The van der Waals surface area contributed by atoms with Crippen LogP contribution in [0.25, 0.3) is 5.57 Å². The van der Waals surface area contributed by atoms with Crippen LogP contribution in [0, 0.1) is 11.3 Å². The predicted octanol–water partition coefficient (Wildman–Crippen LogP) is 3.42. The number of thiophene rings is 1. The minimum atomic E-state index is -0.960. The van der Waals surface area contributed by atoms with Crippen LogP contribution >= 0.6 is 11.3 Å². The quantitative estimate of drug-likeness (QED) is 0.835. The predicted molar refractivity (Wildman–Crippen MR) is 74.9 cm³/mol. The summed E-state index contributed by atoms with van der Waals surface area (Å²) in [5, 5.41) is 24.6. The number of nitrogens with one attached hydrogen (secondary N) is 1. The van der Waals surface area contributed by atoms with Gasteiger partial charge < -0.3 is 10.4 Å². The third kappa shape index (κ3) is 3.21. The number of hydrogen-bond acceptors (Lipinski definition) is 4. The molecule has 0 bridgehead atoms. The molecule has 0 spiro atoms. The van der Waals surface area contributed by atoms with E-state index in [1.54, 1.807) is 18.3 Å². The molecule has 19 heavy (non-hydrogen) atoms. The van der Waals surface area contributed by atoms with Crippen molar-refractivity contribution in [1.82, 2.24) is 0 Å². The zero-order valence-electron chi connectivity index (χ0n) is 9.83. The normalized spacial score (nSPS) is 10.8. The molecule has 0 unspecified atom stereocenters. The molecule has 0 atom stereocenters. The molecule has 0 fully saturated rings. The Morgan fingerprint density at radius 3 is 2.53 bits per heavy atom. The molecule has 0 amide bonds. The number of nitrogens with zero attached hydrogens (tertiary/aromatic N) is 1. The molecule has 1 heterocycles. The molecule has 0 saturated carbocycles. The molecule has 2 N–H and O–H groups in total. The van der Waals surface area contributed by atoms with Crippen LogP contribution in [0.3, 0.4) is 0 Å². The van der Waals surface area contributed by atoms with Gasteiger partial charge in [-0.05, 0) is 41.1 Å². The molecule has 2 rings (SSSR count). The van der Waals surface area contributed by atoms with Crippen LogP contribution in [0.2, 0.25) is 0 Å². The highest BCUT2D eigenvalue weighted by Crippen LogP contribution is 2.17. The van der Waals surface area contributed by atoms with E-state index in [1.165, 1.54) is 23.5 Å². The second-order valence-electron chi connectivity index (χ2n) is 3.71. The van der Waals surface area contributed by atoms with E-state index in [0.717, 1.165) is 11.3 Å². The lowest BCUT2D eigenvalue weighted by Crippen LogP contribution is -1.96. The first kappa shape index (κ1) is 12.9. The summed E-state index contributed by atoms with van der Waals surface area (Å²) in [5.74, 6) is -0.960. The Balaban J connectivity index is 2.13. The Labute approximate surface area is 114 Å². The van der Waals surface area contributed by atoms with Gasteiger partial charge >= 0.3 is 5.97 Å². The lowest BCUT2D eigenvalue weighted by atomic mass is 10.1. The van der Waals surface area contributed by atoms with Crippen molar-refractivity contribution in [2.24, 2.45) is 0 Å². The summed E-state index contributed by atoms with van der Waals surface area (Å²) in [7, 11) is 0. The van der Waals surface area contributed by atoms with Crippen LogP contribution < -0.4 is 5.32 Å². The van der Waals surface area contributed by atoms with E-state index < -0.39 is 5.97 Å². The molecule has 0 radical (unpaired) electrons. The highest BCUT2D eigenvalue weighted by molar-refractivity contribution is 7.08. The Kier molecular flexibility index (Phi) is 3.96. The monoisotopic (exact) mass is 270 g/mol. The van der Waals surface area contributed by atoms with Crippen LogP contribution in [-0.4, -0.2) is 11.1 Å². The summed E-state index contributed by atoms with van der Waals surface area (Å²) in [4.78, 5) is 10.7. The first-order valence-corrected chi connectivity index (χ1v) is 6.37. The third-order valence-electron chi connectivity index (χ3n) is 2.47. The summed E-state index contributed by atoms with van der Waals surface area (Å²) >= 11 is 1.53. The number of carbonyl (C=O) groups is 1. The standard InChI is InChI=1S/C14H10N2O2S/c15-7-12(11-5-6-19-9-11)8-16-13-3-1-10(2-4-13)14(17)18/h1-6,8-9,16H,(H,17,18)/b12-8-. The molecule has 1 aromatic heterocycles. The largest absolute Gasteiger partial charge is 0.478 e. The maximum Gasteiger partial charge on any atom is 0.335 e. The topological polar surface area (TPSA) is 73.1 Å². The van der Waals surface area contributed by atoms with Crippen LogP contribution in [0.4, 0.5) is 5.69 Å². The molecule has 0 saturated heterocycles. The average molecular weight is 270 g/mol. The van der Waals surface area contributed by atoms with Crippen molar-refractivity contribution in [2.75, 3.05) is 5.32 Å². The van der Waals surface area contributed by atoms with E-state index in [0.29, 0.717) is 5.57 Å². The van der Waals surface area contributed by atoms with Crippen molar-refractivity contribution in [3.8, 4) is 6.07 Å². The Bertz CT molecular complexity index is 637. The number of nitriles is 1. The van der Waals surface area contributed by atoms with Crippen molar-refractivity contribution in [2.45, 2.75) is 0 Å². The fourth-order valence-corrected chi connectivity index (χ4v) is 2.12. The van der Waals surface area contributed by atoms with E-state index in [9.17, 15) is 4.79 Å². The molecular formula is C14H10N2O2S. The van der Waals surface area contributed by atoms with Gasteiger partial charge in [0.1, 0.15) is 6.07 Å². The van der Waals surface area contributed by atoms with Crippen LogP contribution in [0.5, 0.6) is 0 Å². The summed E-state index contributed by atoms with van der Waals surface area (Å²) in [5.41, 5.74) is 2.35. The first-order chi connectivity index (χ1) is 9.20. The highest BCUT2D eigenvalue weighted by atomic mass is 32.1. The van der Waals surface area contributed by atoms with Crippen molar-refractivity contribution < 1.29 is 9.90 Å². The second kappa shape index (κ2) is 5.85. The zero-order chi connectivity index (χ0) is 13.7. The number of benzene rings is 1. The SMILES string of the molecule is N#C/C(=C/Nc1ccc(C(=O)O)cc1)c1ccsc1. The van der Waals surface area contributed by atoms with Gasteiger partial charge in [0.05, 0.1) is 11.1 Å². The summed E-state index contributed by atoms with van der Waals surface area (Å²) in [6.07, 6.45) is 1.61. The first-order valence-electron chi connectivity index (χ1n) is 5.43. The maximum absolute atomic E-state index is 10.7. The molecule has 0 aliphatic carbocycles. The van der Waals surface area contributed by atoms with Crippen molar-refractivity contribution in [1.29, 1.82) is 5.26 Å². The van der Waals surface area contributed by atoms with Crippen LogP contribution in [0.1, 0.15) is 15.9 Å². The fourth-order valence-electron chi connectivity index (χ4n) is 1.46. The third-order valence-corrected chi connectivity index (χ3v) is 3.15. The van der Waals surface area contributed by atoms with Gasteiger partial charge in [0, 0.05) is 17.5 Å². The fraction of sp³-hybridized carbons (Fsp3) is 0. The molecule has 1 aromatic carbocycles. The van der Waals surface area contributed by atoms with E-state index >= 15 is 0 Å². The van der Waals surface area contributed by atoms with E-state index in [-0.39, 0.29) is 5.56 Å². The van der Waals surface area contributed by atoms with Gasteiger partial charge in [-0.2, -0.15) is 16.6 Å². The van der Waals surface area contributed by atoms with Crippen molar-refractivity contribution in [3.63, 3.8) is 0 Å². The molecule has 4 nitrogen and oxygen atoms in total. The van der Waals surface area contributed by atoms with Crippen molar-refractivity contribution in [3.05, 3.63) is 58.4 Å². The smallest absolute Gasteiger partial charge is 0.335 e. The lowest BCUT2D eigenvalue weighted by molar-refractivity contribution is 0.0697. The van der Waals surface area contributed by atoms with Crippen LogP contribution in [0.15, 0.2) is 47.3 Å². The number of carboxylic acids is 1. The summed E-state index contributed by atoms with van der Waals surface area (Å²) < 4.78 is 0. The van der Waals surface area contributed by atoms with Gasteiger partial charge in [0.15, 0.2) is 0 Å². The van der Waals surface area contributed by atoms with Gasteiger partial charge in [-0.15, -0.1) is 0 Å². The number of aromatic carboxylic acids is 1. The van der Waals surface area contributed by atoms with Gasteiger partial charge in [0.25, 0.3) is 0 Å². The summed E-state index contributed by atoms with van der Waals surface area (Å²) in [6.45, 7) is 0. The second-order valence-corrected chi connectivity index (χ2v) is 4.49. The van der Waals surface area contributed by atoms with Gasteiger partial charge in [-0.3, -0.25) is 0 Å². The Hall–Kier alpha value is -2.58. The minimum absolute atomic E-state index is 0.230. The zero-order valence-corrected chi connectivity index (χ0v) is 10.6.